The summed E-state index contributed by atoms with van der Waals surface area (Å²) >= 11 is 3.51. The lowest BCUT2D eigenvalue weighted by Crippen LogP contribution is -2.10. The number of rotatable bonds is 3. The number of benzene rings is 1. The number of hydrogen-bond donors (Lipinski definition) is 3. The second kappa shape index (κ2) is 5.36. The molecule has 0 aliphatic carbocycles. The molecule has 1 unspecified atom stereocenters. The van der Waals surface area contributed by atoms with Gasteiger partial charge in [-0.3, -0.25) is 5.41 Å². The Morgan fingerprint density at radius 2 is 2.11 bits per heavy atom. The quantitative estimate of drug-likeness (QED) is 0.812. The van der Waals surface area contributed by atoms with Gasteiger partial charge in [-0.2, -0.15) is 0 Å². The van der Waals surface area contributed by atoms with Crippen molar-refractivity contribution < 1.29 is 0 Å². The summed E-state index contributed by atoms with van der Waals surface area (Å²) < 4.78 is 0. The molecule has 0 amide bonds. The Kier molecular flexibility index (Phi) is 3.59. The normalized spacial score (nSPS) is 17.3. The van der Waals surface area contributed by atoms with Gasteiger partial charge in [0, 0.05) is 34.0 Å². The van der Waals surface area contributed by atoms with E-state index < -0.39 is 0 Å². The first-order chi connectivity index (χ1) is 9.31. The molecule has 1 aromatic carbocycles. The largest absolute Gasteiger partial charge is 0.368 e. The molecule has 1 aliphatic heterocycles. The minimum atomic E-state index is 0.183. The van der Waals surface area contributed by atoms with Gasteiger partial charge >= 0.3 is 0 Å². The summed E-state index contributed by atoms with van der Waals surface area (Å²) in [5.41, 5.74) is 9.26. The van der Waals surface area contributed by atoms with Crippen LogP contribution >= 0.6 is 23.1 Å². The summed E-state index contributed by atoms with van der Waals surface area (Å²) in [5, 5.41) is 14.2. The van der Waals surface area contributed by atoms with Gasteiger partial charge in [-0.05, 0) is 17.5 Å². The van der Waals surface area contributed by atoms with E-state index in [1.807, 2.05) is 30.3 Å². The van der Waals surface area contributed by atoms with Gasteiger partial charge in [-0.25, -0.2) is 0 Å². The van der Waals surface area contributed by atoms with Crippen LogP contribution in [0.4, 0.5) is 5.69 Å². The SMILES string of the molecule is N=C1c2ccccc2NC(SCCN)c2sccc21. The number of fused-ring (bicyclic) bond motifs is 2. The van der Waals surface area contributed by atoms with Gasteiger partial charge in [-0.15, -0.1) is 23.1 Å². The fourth-order valence-corrected chi connectivity index (χ4v) is 4.27. The summed E-state index contributed by atoms with van der Waals surface area (Å²) in [7, 11) is 0. The first-order valence-electron chi connectivity index (χ1n) is 6.15. The lowest BCUT2D eigenvalue weighted by molar-refractivity contribution is 1.11. The van der Waals surface area contributed by atoms with Crippen LogP contribution in [0.15, 0.2) is 35.7 Å². The highest BCUT2D eigenvalue weighted by atomic mass is 32.2. The fourth-order valence-electron chi connectivity index (χ4n) is 2.21. The van der Waals surface area contributed by atoms with E-state index in [9.17, 15) is 0 Å². The second-order valence-corrected chi connectivity index (χ2v) is 6.46. The van der Waals surface area contributed by atoms with Crippen molar-refractivity contribution in [3.05, 3.63) is 51.7 Å². The van der Waals surface area contributed by atoms with Crippen LogP contribution in [0.2, 0.25) is 0 Å². The van der Waals surface area contributed by atoms with Crippen molar-refractivity contribution in [1.82, 2.24) is 0 Å². The number of hydrogen-bond acceptors (Lipinski definition) is 5. The van der Waals surface area contributed by atoms with Gasteiger partial charge in [-0.1, -0.05) is 18.2 Å². The lowest BCUT2D eigenvalue weighted by atomic mass is 10.0. The number of thioether (sulfide) groups is 1. The molecule has 0 fully saturated rings. The molecule has 98 valence electrons. The highest BCUT2D eigenvalue weighted by Crippen LogP contribution is 2.40. The average Bonchev–Trinajstić information content (AvgIpc) is 2.88. The third-order valence-electron chi connectivity index (χ3n) is 3.09. The van der Waals surface area contributed by atoms with Crippen LogP contribution in [-0.2, 0) is 0 Å². The molecule has 5 heteroatoms. The summed E-state index contributed by atoms with van der Waals surface area (Å²) in [6.45, 7) is 0.669. The number of thiophene rings is 1. The van der Waals surface area contributed by atoms with E-state index in [-0.39, 0.29) is 5.37 Å². The van der Waals surface area contributed by atoms with Gasteiger partial charge in [0.25, 0.3) is 0 Å². The molecule has 4 N–H and O–H groups in total. The molecule has 0 radical (unpaired) electrons. The molecule has 0 saturated carbocycles. The molecule has 1 atom stereocenters. The smallest absolute Gasteiger partial charge is 0.108 e. The molecule has 19 heavy (non-hydrogen) atoms. The van der Waals surface area contributed by atoms with Crippen molar-refractivity contribution in [2.24, 2.45) is 5.73 Å². The number of nitrogens with one attached hydrogen (secondary N) is 2. The van der Waals surface area contributed by atoms with Crippen LogP contribution in [0.3, 0.4) is 0 Å². The Hall–Kier alpha value is -1.30. The standard InChI is InChI=1S/C14H15N3S2/c15-6-8-19-14-13-10(5-7-18-13)12(16)9-3-1-2-4-11(9)17-14/h1-5,7,14,16-17H,6,8,15H2. The zero-order chi connectivity index (χ0) is 13.2. The van der Waals surface area contributed by atoms with E-state index in [4.69, 9.17) is 11.1 Å². The van der Waals surface area contributed by atoms with E-state index in [0.29, 0.717) is 12.3 Å². The van der Waals surface area contributed by atoms with Crippen LogP contribution in [0.1, 0.15) is 21.4 Å². The first kappa shape index (κ1) is 12.7. The van der Waals surface area contributed by atoms with Crippen LogP contribution in [0, 0.1) is 5.41 Å². The fraction of sp³-hybridized carbons (Fsp3) is 0.214. The molecule has 2 heterocycles. The van der Waals surface area contributed by atoms with E-state index in [0.717, 1.165) is 22.6 Å². The zero-order valence-electron chi connectivity index (χ0n) is 10.3. The zero-order valence-corrected chi connectivity index (χ0v) is 12.0. The molecule has 0 bridgehead atoms. The highest BCUT2D eigenvalue weighted by Gasteiger charge is 2.25. The van der Waals surface area contributed by atoms with Crippen molar-refractivity contribution in [2.75, 3.05) is 17.6 Å². The minimum absolute atomic E-state index is 0.183. The van der Waals surface area contributed by atoms with E-state index in [1.165, 1.54) is 4.88 Å². The van der Waals surface area contributed by atoms with Crippen LogP contribution in [0.5, 0.6) is 0 Å². The van der Waals surface area contributed by atoms with Crippen molar-refractivity contribution in [2.45, 2.75) is 5.37 Å². The van der Waals surface area contributed by atoms with Crippen LogP contribution in [-0.4, -0.2) is 18.0 Å². The van der Waals surface area contributed by atoms with Crippen LogP contribution in [0.25, 0.3) is 0 Å². The third kappa shape index (κ3) is 2.29. The molecule has 3 nitrogen and oxygen atoms in total. The second-order valence-electron chi connectivity index (χ2n) is 4.30. The van der Waals surface area contributed by atoms with Crippen LogP contribution < -0.4 is 11.1 Å². The molecule has 1 aliphatic rings. The predicted octanol–water partition coefficient (Wildman–Crippen LogP) is 3.28. The van der Waals surface area contributed by atoms with E-state index >= 15 is 0 Å². The Bertz CT molecular complexity index is 606. The van der Waals surface area contributed by atoms with Crippen molar-refractivity contribution >= 4 is 34.5 Å². The Labute approximate surface area is 120 Å². The minimum Gasteiger partial charge on any atom is -0.368 e. The van der Waals surface area contributed by atoms with Crippen molar-refractivity contribution in [3.63, 3.8) is 0 Å². The molecule has 1 aromatic heterocycles. The van der Waals surface area contributed by atoms with E-state index in [2.05, 4.69) is 10.7 Å². The summed E-state index contributed by atoms with van der Waals surface area (Å²) in [4.78, 5) is 1.22. The van der Waals surface area contributed by atoms with E-state index in [1.54, 1.807) is 23.1 Å². The maximum atomic E-state index is 8.41. The lowest BCUT2D eigenvalue weighted by Gasteiger charge is -2.17. The van der Waals surface area contributed by atoms with Gasteiger partial charge in [0.15, 0.2) is 0 Å². The first-order valence-corrected chi connectivity index (χ1v) is 8.08. The predicted molar refractivity (Wildman–Crippen MR) is 84.6 cm³/mol. The molecule has 0 saturated heterocycles. The highest BCUT2D eigenvalue weighted by molar-refractivity contribution is 7.99. The average molecular weight is 289 g/mol. The van der Waals surface area contributed by atoms with Gasteiger partial charge in [0.1, 0.15) is 5.37 Å². The van der Waals surface area contributed by atoms with Gasteiger partial charge in [0.05, 0.1) is 5.71 Å². The number of para-hydroxylation sites is 1. The topological polar surface area (TPSA) is 61.9 Å². The molecule has 3 rings (SSSR count). The number of anilines is 1. The summed E-state index contributed by atoms with van der Waals surface area (Å²) in [6, 6.07) is 10.1. The molecule has 0 spiro atoms. The Morgan fingerprint density at radius 1 is 1.26 bits per heavy atom. The molecule has 2 aromatic rings. The Morgan fingerprint density at radius 3 is 2.95 bits per heavy atom. The third-order valence-corrected chi connectivity index (χ3v) is 5.38. The summed E-state index contributed by atoms with van der Waals surface area (Å²) in [5.74, 6) is 0.907. The maximum absolute atomic E-state index is 8.41. The van der Waals surface area contributed by atoms with Gasteiger partial charge < -0.3 is 11.1 Å². The van der Waals surface area contributed by atoms with Gasteiger partial charge in [0.2, 0.25) is 0 Å². The van der Waals surface area contributed by atoms with Crippen molar-refractivity contribution in [1.29, 1.82) is 5.41 Å². The monoisotopic (exact) mass is 289 g/mol. The number of nitrogens with two attached hydrogens (primary N) is 1. The molecular formula is C14H15N3S2. The Balaban J connectivity index is 2.07. The van der Waals surface area contributed by atoms with Crippen molar-refractivity contribution in [3.8, 4) is 0 Å². The maximum Gasteiger partial charge on any atom is 0.108 e. The molecular weight excluding hydrogens is 274 g/mol. The summed E-state index contributed by atoms with van der Waals surface area (Å²) in [6.07, 6.45) is 0.